The van der Waals surface area contributed by atoms with Gasteiger partial charge in [0.25, 0.3) is 0 Å². The second kappa shape index (κ2) is 10.4. The molecule has 1 fully saturated rings. The number of aryl methyl sites for hydroxylation is 1. The Morgan fingerprint density at radius 2 is 1.75 bits per heavy atom. The number of para-hydroxylation sites is 1. The zero-order valence-corrected chi connectivity index (χ0v) is 19.9. The van der Waals surface area contributed by atoms with Crippen molar-refractivity contribution in [1.82, 2.24) is 14.4 Å². The van der Waals surface area contributed by atoms with Crippen molar-refractivity contribution in [3.8, 4) is 0 Å². The van der Waals surface area contributed by atoms with Crippen molar-refractivity contribution in [1.29, 1.82) is 0 Å². The van der Waals surface area contributed by atoms with Crippen LogP contribution in [0.25, 0.3) is 10.9 Å². The lowest BCUT2D eigenvalue weighted by molar-refractivity contribution is -0.135. The molecule has 0 spiro atoms. The van der Waals surface area contributed by atoms with E-state index >= 15 is 0 Å². The first-order chi connectivity index (χ1) is 15.6. The third kappa shape index (κ3) is 5.07. The lowest BCUT2D eigenvalue weighted by Crippen LogP contribution is -2.41. The average Bonchev–Trinajstić information content (AvgIpc) is 3.15. The lowest BCUT2D eigenvalue weighted by atomic mass is 9.95. The van der Waals surface area contributed by atoms with Gasteiger partial charge in [0.05, 0.1) is 0 Å². The molecule has 4 heteroatoms. The van der Waals surface area contributed by atoms with Gasteiger partial charge < -0.3 is 9.47 Å². The van der Waals surface area contributed by atoms with E-state index in [0.29, 0.717) is 5.91 Å². The summed E-state index contributed by atoms with van der Waals surface area (Å²) in [6.45, 7) is 9.07. The van der Waals surface area contributed by atoms with Crippen LogP contribution in [0.4, 0.5) is 0 Å². The molecule has 1 aliphatic heterocycles. The van der Waals surface area contributed by atoms with E-state index in [1.807, 2.05) is 11.9 Å². The lowest BCUT2D eigenvalue weighted by Gasteiger charge is -2.33. The minimum Gasteiger partial charge on any atom is -0.346 e. The molecular weight excluding hydrogens is 394 g/mol. The fourth-order valence-corrected chi connectivity index (χ4v) is 4.93. The van der Waals surface area contributed by atoms with Crippen LogP contribution in [0.1, 0.15) is 49.4 Å². The Balaban J connectivity index is 1.46. The van der Waals surface area contributed by atoms with Gasteiger partial charge in [-0.2, -0.15) is 0 Å². The molecule has 0 saturated carbocycles. The van der Waals surface area contributed by atoms with E-state index in [-0.39, 0.29) is 5.92 Å². The van der Waals surface area contributed by atoms with Gasteiger partial charge >= 0.3 is 0 Å². The summed E-state index contributed by atoms with van der Waals surface area (Å²) in [4.78, 5) is 17.3. The highest BCUT2D eigenvalue weighted by Gasteiger charge is 2.27. The quantitative estimate of drug-likeness (QED) is 0.473. The van der Waals surface area contributed by atoms with Crippen molar-refractivity contribution < 1.29 is 4.79 Å². The smallest absolute Gasteiger partial charge is 0.225 e. The Hall–Kier alpha value is -2.59. The zero-order chi connectivity index (χ0) is 22.5. The summed E-state index contributed by atoms with van der Waals surface area (Å²) in [6.07, 6.45) is 4.15. The van der Waals surface area contributed by atoms with Crippen LogP contribution in [0.5, 0.6) is 0 Å². The first kappa shape index (κ1) is 22.6. The Labute approximate surface area is 192 Å². The molecule has 1 aromatic heterocycles. The molecular formula is C28H37N3O. The number of likely N-dealkylation sites (tertiary alicyclic amines) is 1. The van der Waals surface area contributed by atoms with Crippen LogP contribution in [0, 0.1) is 12.8 Å². The number of rotatable bonds is 8. The number of aromatic nitrogens is 1. The van der Waals surface area contributed by atoms with Crippen molar-refractivity contribution in [3.63, 3.8) is 0 Å². The molecule has 1 aliphatic rings. The van der Waals surface area contributed by atoms with Gasteiger partial charge in [0.2, 0.25) is 5.91 Å². The Morgan fingerprint density at radius 1 is 1.03 bits per heavy atom. The van der Waals surface area contributed by atoms with E-state index in [1.165, 1.54) is 27.7 Å². The summed E-state index contributed by atoms with van der Waals surface area (Å²) in [5.74, 6) is 0.526. The molecule has 2 heterocycles. The molecule has 0 aliphatic carbocycles. The molecule has 3 aromatic rings. The van der Waals surface area contributed by atoms with Gasteiger partial charge in [-0.05, 0) is 67.9 Å². The third-order valence-electron chi connectivity index (χ3n) is 7.03. The summed E-state index contributed by atoms with van der Waals surface area (Å²) >= 11 is 0. The van der Waals surface area contributed by atoms with Crippen LogP contribution in [0.3, 0.4) is 0 Å². The number of hydrogen-bond donors (Lipinski definition) is 0. The van der Waals surface area contributed by atoms with E-state index in [0.717, 1.165) is 58.4 Å². The molecule has 170 valence electrons. The second-order valence-corrected chi connectivity index (χ2v) is 9.37. The van der Waals surface area contributed by atoms with Gasteiger partial charge in [-0.3, -0.25) is 9.69 Å². The monoisotopic (exact) mass is 431 g/mol. The van der Waals surface area contributed by atoms with Gasteiger partial charge in [-0.25, -0.2) is 0 Å². The number of carbonyl (C=O) groups is 1. The van der Waals surface area contributed by atoms with Gasteiger partial charge in [0.15, 0.2) is 0 Å². The molecule has 1 saturated heterocycles. The average molecular weight is 432 g/mol. The maximum atomic E-state index is 12.8. The predicted molar refractivity (Wildman–Crippen MR) is 133 cm³/mol. The number of nitrogens with zero attached hydrogens (tertiary/aromatic N) is 3. The maximum absolute atomic E-state index is 12.8. The molecule has 0 radical (unpaired) electrons. The van der Waals surface area contributed by atoms with Crippen molar-refractivity contribution in [2.24, 2.45) is 5.92 Å². The van der Waals surface area contributed by atoms with Crippen LogP contribution in [-0.4, -0.2) is 47.0 Å². The molecule has 32 heavy (non-hydrogen) atoms. The number of hydrogen-bond acceptors (Lipinski definition) is 2. The molecule has 2 aromatic carbocycles. The minimum absolute atomic E-state index is 0.186. The number of benzene rings is 2. The largest absolute Gasteiger partial charge is 0.346 e. The second-order valence-electron chi connectivity index (χ2n) is 9.37. The molecule has 0 N–H and O–H groups in total. The Kier molecular flexibility index (Phi) is 7.31. The standard InChI is InChI=1S/C28H37N3O/c1-4-5-16-29(3)28(32)23-14-17-30(18-15-23)21-26-19-24-11-8-9-13-27(24)31(26)20-25-12-7-6-10-22(25)2/h6-13,19,23H,4-5,14-18,20-21H2,1-3H3. The molecule has 0 atom stereocenters. The Morgan fingerprint density at radius 3 is 2.50 bits per heavy atom. The van der Waals surface area contributed by atoms with E-state index in [9.17, 15) is 4.79 Å². The van der Waals surface area contributed by atoms with Crippen molar-refractivity contribution >= 4 is 16.8 Å². The highest BCUT2D eigenvalue weighted by Crippen LogP contribution is 2.26. The van der Waals surface area contributed by atoms with E-state index < -0.39 is 0 Å². The predicted octanol–water partition coefficient (Wildman–Crippen LogP) is 5.47. The molecule has 1 amide bonds. The molecule has 4 nitrogen and oxygen atoms in total. The minimum atomic E-state index is 0.186. The van der Waals surface area contributed by atoms with Crippen LogP contribution in [0.15, 0.2) is 54.6 Å². The van der Waals surface area contributed by atoms with E-state index in [1.54, 1.807) is 0 Å². The van der Waals surface area contributed by atoms with Crippen molar-refractivity contribution in [2.45, 2.75) is 52.6 Å². The van der Waals surface area contributed by atoms with Crippen molar-refractivity contribution in [2.75, 3.05) is 26.7 Å². The topological polar surface area (TPSA) is 28.5 Å². The molecule has 0 unspecified atom stereocenters. The van der Waals surface area contributed by atoms with Gasteiger partial charge in [0.1, 0.15) is 0 Å². The number of fused-ring (bicyclic) bond motifs is 1. The fourth-order valence-electron chi connectivity index (χ4n) is 4.93. The molecule has 0 bridgehead atoms. The first-order valence-corrected chi connectivity index (χ1v) is 12.2. The summed E-state index contributed by atoms with van der Waals surface area (Å²) < 4.78 is 2.48. The van der Waals surface area contributed by atoms with Crippen molar-refractivity contribution in [3.05, 3.63) is 71.4 Å². The number of carbonyl (C=O) groups excluding carboxylic acids is 1. The van der Waals surface area contributed by atoms with Gasteiger partial charge in [-0.15, -0.1) is 0 Å². The third-order valence-corrected chi connectivity index (χ3v) is 7.03. The zero-order valence-electron chi connectivity index (χ0n) is 19.9. The Bertz CT molecular complexity index is 1050. The van der Waals surface area contributed by atoms with E-state index in [4.69, 9.17) is 0 Å². The SMILES string of the molecule is CCCCN(C)C(=O)C1CCN(Cc2cc3ccccc3n2Cc2ccccc2C)CC1. The van der Waals surface area contributed by atoms with Gasteiger partial charge in [0, 0.05) is 43.8 Å². The van der Waals surface area contributed by atoms with Crippen LogP contribution >= 0.6 is 0 Å². The highest BCUT2D eigenvalue weighted by atomic mass is 16.2. The molecule has 4 rings (SSSR count). The highest BCUT2D eigenvalue weighted by molar-refractivity contribution is 5.81. The summed E-state index contributed by atoms with van der Waals surface area (Å²) in [5, 5.41) is 1.30. The summed E-state index contributed by atoms with van der Waals surface area (Å²) in [6, 6.07) is 19.7. The van der Waals surface area contributed by atoms with E-state index in [2.05, 4.69) is 77.9 Å². The fraction of sp³-hybridized carbons (Fsp3) is 0.464. The summed E-state index contributed by atoms with van der Waals surface area (Å²) in [5.41, 5.74) is 5.37. The first-order valence-electron chi connectivity index (χ1n) is 12.2. The van der Waals surface area contributed by atoms with Crippen LogP contribution in [0.2, 0.25) is 0 Å². The normalized spacial score (nSPS) is 15.3. The number of piperidine rings is 1. The van der Waals surface area contributed by atoms with Crippen LogP contribution < -0.4 is 0 Å². The van der Waals surface area contributed by atoms with Gasteiger partial charge in [-0.1, -0.05) is 55.8 Å². The van der Waals surface area contributed by atoms with Crippen LogP contribution in [-0.2, 0) is 17.9 Å². The number of amides is 1. The maximum Gasteiger partial charge on any atom is 0.225 e. The summed E-state index contributed by atoms with van der Waals surface area (Å²) in [7, 11) is 1.97. The number of unbranched alkanes of at least 4 members (excludes halogenated alkanes) is 1.